The summed E-state index contributed by atoms with van der Waals surface area (Å²) in [7, 11) is 0. The van der Waals surface area contributed by atoms with Crippen LogP contribution in [0.2, 0.25) is 0 Å². The fraction of sp³-hybridized carbons (Fsp3) is 0.357. The van der Waals surface area contributed by atoms with Crippen molar-refractivity contribution in [3.8, 4) is 11.3 Å². The zero-order chi connectivity index (χ0) is 12.6. The molecule has 1 heterocycles. The van der Waals surface area contributed by atoms with Crippen LogP contribution in [0.4, 0.5) is 5.82 Å². The highest BCUT2D eigenvalue weighted by Gasteiger charge is 2.16. The van der Waals surface area contributed by atoms with E-state index < -0.39 is 0 Å². The molecule has 0 aliphatic heterocycles. The summed E-state index contributed by atoms with van der Waals surface area (Å²) < 4.78 is 0. The molecule has 2 aromatic rings. The highest BCUT2D eigenvalue weighted by Crippen LogP contribution is 2.33. The Hall–Kier alpha value is -1.77. The van der Waals surface area contributed by atoms with Crippen molar-refractivity contribution in [3.63, 3.8) is 0 Å². The van der Waals surface area contributed by atoms with Gasteiger partial charge in [-0.25, -0.2) is 0 Å². The maximum Gasteiger partial charge on any atom is 0.149 e. The first-order valence-electron chi connectivity index (χ1n) is 5.92. The molecule has 0 unspecified atom stereocenters. The summed E-state index contributed by atoms with van der Waals surface area (Å²) >= 11 is 0. The van der Waals surface area contributed by atoms with Gasteiger partial charge in [-0.2, -0.15) is 5.10 Å². The molecular formula is C14H19N3. The molecule has 0 amide bonds. The van der Waals surface area contributed by atoms with Crippen LogP contribution in [0.25, 0.3) is 11.3 Å². The Balaban J connectivity index is 2.61. The zero-order valence-electron chi connectivity index (χ0n) is 10.8. The topological polar surface area (TPSA) is 54.7 Å². The average Bonchev–Trinajstić information content (AvgIpc) is 2.60. The number of nitrogens with one attached hydrogen (secondary N) is 1. The Bertz CT molecular complexity index is 538. The minimum Gasteiger partial charge on any atom is -0.382 e. The molecule has 1 aromatic carbocycles. The Labute approximate surface area is 102 Å². The fourth-order valence-corrected chi connectivity index (χ4v) is 2.25. The third kappa shape index (κ3) is 2.05. The monoisotopic (exact) mass is 229 g/mol. The maximum atomic E-state index is 5.92. The number of H-pyrrole nitrogens is 1. The molecule has 0 aliphatic carbocycles. The molecule has 0 aliphatic rings. The summed E-state index contributed by atoms with van der Waals surface area (Å²) in [6, 6.07) is 6.42. The van der Waals surface area contributed by atoms with Gasteiger partial charge in [0.05, 0.1) is 5.69 Å². The number of rotatable bonds is 2. The maximum absolute atomic E-state index is 5.92. The van der Waals surface area contributed by atoms with Crippen molar-refractivity contribution in [3.05, 3.63) is 34.9 Å². The van der Waals surface area contributed by atoms with Crippen LogP contribution >= 0.6 is 0 Å². The molecule has 0 saturated heterocycles. The van der Waals surface area contributed by atoms with Gasteiger partial charge in [-0.1, -0.05) is 37.6 Å². The lowest BCUT2D eigenvalue weighted by Gasteiger charge is -2.10. The van der Waals surface area contributed by atoms with Gasteiger partial charge in [0.15, 0.2) is 0 Å². The SMILES string of the molecule is Cc1ccc(-c2[nH]nc(N)c2C(C)C)c(C)c1. The Kier molecular flexibility index (Phi) is 2.92. The second-order valence-corrected chi connectivity index (χ2v) is 4.87. The summed E-state index contributed by atoms with van der Waals surface area (Å²) in [6.45, 7) is 8.48. The quantitative estimate of drug-likeness (QED) is 0.829. The van der Waals surface area contributed by atoms with Crippen LogP contribution in [0.1, 0.15) is 36.5 Å². The first-order valence-corrected chi connectivity index (χ1v) is 5.92. The van der Waals surface area contributed by atoms with Crippen molar-refractivity contribution in [1.29, 1.82) is 0 Å². The van der Waals surface area contributed by atoms with E-state index in [0.717, 1.165) is 11.3 Å². The zero-order valence-corrected chi connectivity index (χ0v) is 10.8. The van der Waals surface area contributed by atoms with Crippen molar-refractivity contribution < 1.29 is 0 Å². The van der Waals surface area contributed by atoms with E-state index in [1.165, 1.54) is 16.7 Å². The van der Waals surface area contributed by atoms with Crippen LogP contribution in [-0.4, -0.2) is 10.2 Å². The smallest absolute Gasteiger partial charge is 0.149 e. The molecular weight excluding hydrogens is 210 g/mol. The van der Waals surface area contributed by atoms with E-state index in [9.17, 15) is 0 Å². The summed E-state index contributed by atoms with van der Waals surface area (Å²) in [5.74, 6) is 0.972. The third-order valence-electron chi connectivity index (χ3n) is 3.06. The van der Waals surface area contributed by atoms with Crippen LogP contribution in [0.3, 0.4) is 0 Å². The molecule has 0 fully saturated rings. The first kappa shape index (κ1) is 11.7. The van der Waals surface area contributed by atoms with E-state index in [0.29, 0.717) is 11.7 Å². The summed E-state index contributed by atoms with van der Waals surface area (Å²) in [4.78, 5) is 0. The molecule has 2 rings (SSSR count). The molecule has 1 aromatic heterocycles. The Morgan fingerprint density at radius 1 is 1.24 bits per heavy atom. The number of hydrogen-bond acceptors (Lipinski definition) is 2. The van der Waals surface area contributed by atoms with Gasteiger partial charge in [0, 0.05) is 11.1 Å². The summed E-state index contributed by atoms with van der Waals surface area (Å²) in [6.07, 6.45) is 0. The highest BCUT2D eigenvalue weighted by atomic mass is 15.2. The second-order valence-electron chi connectivity index (χ2n) is 4.87. The number of aryl methyl sites for hydroxylation is 2. The van der Waals surface area contributed by atoms with E-state index in [-0.39, 0.29) is 0 Å². The fourth-order valence-electron chi connectivity index (χ4n) is 2.25. The number of aromatic nitrogens is 2. The lowest BCUT2D eigenvalue weighted by Crippen LogP contribution is -1.96. The van der Waals surface area contributed by atoms with E-state index in [2.05, 4.69) is 56.1 Å². The largest absolute Gasteiger partial charge is 0.382 e. The second kappa shape index (κ2) is 4.24. The molecule has 0 atom stereocenters. The number of aromatic amines is 1. The van der Waals surface area contributed by atoms with Crippen LogP contribution in [-0.2, 0) is 0 Å². The number of nitrogen functional groups attached to an aromatic ring is 1. The first-order chi connectivity index (χ1) is 8.00. The number of nitrogens with two attached hydrogens (primary N) is 1. The number of anilines is 1. The van der Waals surface area contributed by atoms with Gasteiger partial charge in [0.2, 0.25) is 0 Å². The van der Waals surface area contributed by atoms with E-state index in [1.54, 1.807) is 0 Å². The molecule has 3 N–H and O–H groups in total. The van der Waals surface area contributed by atoms with Crippen LogP contribution in [0.15, 0.2) is 18.2 Å². The van der Waals surface area contributed by atoms with Gasteiger partial charge in [-0.05, 0) is 25.3 Å². The average molecular weight is 229 g/mol. The van der Waals surface area contributed by atoms with Gasteiger partial charge in [-0.15, -0.1) is 0 Å². The third-order valence-corrected chi connectivity index (χ3v) is 3.06. The molecule has 0 bridgehead atoms. The van der Waals surface area contributed by atoms with Crippen molar-refractivity contribution in [1.82, 2.24) is 10.2 Å². The van der Waals surface area contributed by atoms with Crippen LogP contribution in [0, 0.1) is 13.8 Å². The number of hydrogen-bond donors (Lipinski definition) is 2. The molecule has 3 heteroatoms. The molecule has 17 heavy (non-hydrogen) atoms. The van der Waals surface area contributed by atoms with Gasteiger partial charge >= 0.3 is 0 Å². The lowest BCUT2D eigenvalue weighted by molar-refractivity contribution is 0.873. The van der Waals surface area contributed by atoms with E-state index in [4.69, 9.17) is 5.73 Å². The standard InChI is InChI=1S/C14H19N3/c1-8(2)12-13(16-17-14(12)15)11-6-5-9(3)7-10(11)4/h5-8H,1-4H3,(H3,15,16,17). The van der Waals surface area contributed by atoms with Crippen molar-refractivity contribution in [2.75, 3.05) is 5.73 Å². The predicted molar refractivity (Wildman–Crippen MR) is 72.0 cm³/mol. The van der Waals surface area contributed by atoms with Gasteiger partial charge in [0.1, 0.15) is 5.82 Å². The molecule has 3 nitrogen and oxygen atoms in total. The molecule has 0 saturated carbocycles. The van der Waals surface area contributed by atoms with E-state index in [1.807, 2.05) is 0 Å². The summed E-state index contributed by atoms with van der Waals surface area (Å²) in [5, 5.41) is 7.19. The summed E-state index contributed by atoms with van der Waals surface area (Å²) in [5.41, 5.74) is 11.8. The van der Waals surface area contributed by atoms with Crippen molar-refractivity contribution >= 4 is 5.82 Å². The van der Waals surface area contributed by atoms with Gasteiger partial charge in [-0.3, -0.25) is 5.10 Å². The van der Waals surface area contributed by atoms with Crippen molar-refractivity contribution in [2.45, 2.75) is 33.6 Å². The molecule has 90 valence electrons. The minimum atomic E-state index is 0.365. The predicted octanol–water partition coefficient (Wildman–Crippen LogP) is 3.40. The van der Waals surface area contributed by atoms with E-state index >= 15 is 0 Å². The van der Waals surface area contributed by atoms with Crippen molar-refractivity contribution in [2.24, 2.45) is 0 Å². The Morgan fingerprint density at radius 2 is 1.94 bits per heavy atom. The lowest BCUT2D eigenvalue weighted by atomic mass is 9.95. The van der Waals surface area contributed by atoms with Gasteiger partial charge < -0.3 is 5.73 Å². The van der Waals surface area contributed by atoms with Crippen LogP contribution in [0.5, 0.6) is 0 Å². The number of nitrogens with zero attached hydrogens (tertiary/aromatic N) is 1. The number of benzene rings is 1. The molecule has 0 spiro atoms. The highest BCUT2D eigenvalue weighted by molar-refractivity contribution is 5.71. The minimum absolute atomic E-state index is 0.365. The van der Waals surface area contributed by atoms with Gasteiger partial charge in [0.25, 0.3) is 0 Å². The van der Waals surface area contributed by atoms with Crippen LogP contribution < -0.4 is 5.73 Å². The molecule has 0 radical (unpaired) electrons. The normalized spacial score (nSPS) is 11.1. The Morgan fingerprint density at radius 3 is 2.53 bits per heavy atom.